The van der Waals surface area contributed by atoms with Crippen molar-refractivity contribution in [2.24, 2.45) is 0 Å². The van der Waals surface area contributed by atoms with Gasteiger partial charge < -0.3 is 9.52 Å². The van der Waals surface area contributed by atoms with Gasteiger partial charge in [-0.1, -0.05) is 17.7 Å². The van der Waals surface area contributed by atoms with E-state index in [1.54, 1.807) is 18.2 Å². The van der Waals surface area contributed by atoms with Gasteiger partial charge in [0, 0.05) is 11.3 Å². The van der Waals surface area contributed by atoms with E-state index in [0.717, 1.165) is 11.1 Å². The van der Waals surface area contributed by atoms with E-state index in [0.29, 0.717) is 17.0 Å². The highest BCUT2D eigenvalue weighted by Gasteiger charge is 2.48. The van der Waals surface area contributed by atoms with Crippen molar-refractivity contribution in [1.82, 2.24) is 0 Å². The zero-order valence-electron chi connectivity index (χ0n) is 15.8. The van der Waals surface area contributed by atoms with Gasteiger partial charge in [0.1, 0.15) is 23.4 Å². The van der Waals surface area contributed by atoms with Gasteiger partial charge in [-0.15, -0.1) is 0 Å². The summed E-state index contributed by atoms with van der Waals surface area (Å²) in [7, 11) is 0. The van der Waals surface area contributed by atoms with Crippen LogP contribution in [0, 0.1) is 19.7 Å². The number of rotatable bonds is 3. The number of amides is 1. The van der Waals surface area contributed by atoms with E-state index < -0.39 is 23.5 Å². The molecular weight excluding hydrogens is 373 g/mol. The number of halogens is 1. The van der Waals surface area contributed by atoms with Crippen LogP contribution in [0.4, 0.5) is 10.1 Å². The van der Waals surface area contributed by atoms with Gasteiger partial charge >= 0.3 is 0 Å². The van der Waals surface area contributed by atoms with E-state index in [9.17, 15) is 19.1 Å². The van der Waals surface area contributed by atoms with E-state index in [1.165, 1.54) is 35.4 Å². The van der Waals surface area contributed by atoms with Crippen LogP contribution in [0.15, 0.2) is 70.9 Å². The molecule has 6 heteroatoms. The van der Waals surface area contributed by atoms with Crippen LogP contribution in [0.2, 0.25) is 0 Å². The van der Waals surface area contributed by atoms with Crippen LogP contribution >= 0.6 is 0 Å². The first-order valence-electron chi connectivity index (χ1n) is 9.06. The summed E-state index contributed by atoms with van der Waals surface area (Å²) in [5, 5.41) is 11.1. The number of aliphatic hydroxyl groups is 1. The van der Waals surface area contributed by atoms with Gasteiger partial charge in [0.15, 0.2) is 0 Å². The number of carbonyl (C=O) groups excluding carboxylic acids is 2. The van der Waals surface area contributed by atoms with Crippen LogP contribution in [0.25, 0.3) is 5.76 Å². The number of aryl methyl sites for hydroxylation is 2. The van der Waals surface area contributed by atoms with Crippen LogP contribution < -0.4 is 4.90 Å². The minimum absolute atomic E-state index is 0.0667. The molecule has 0 spiro atoms. The van der Waals surface area contributed by atoms with Crippen molar-refractivity contribution in [3.05, 3.63) is 94.7 Å². The summed E-state index contributed by atoms with van der Waals surface area (Å²) in [4.78, 5) is 27.1. The topological polar surface area (TPSA) is 70.8 Å². The molecule has 2 heterocycles. The van der Waals surface area contributed by atoms with E-state index in [-0.39, 0.29) is 11.3 Å². The number of hydrogen-bond acceptors (Lipinski definition) is 4. The predicted molar refractivity (Wildman–Crippen MR) is 106 cm³/mol. The molecule has 0 aliphatic carbocycles. The van der Waals surface area contributed by atoms with Crippen molar-refractivity contribution >= 4 is 23.1 Å². The normalized spacial score (nSPS) is 18.4. The van der Waals surface area contributed by atoms with Crippen molar-refractivity contribution in [1.29, 1.82) is 0 Å². The van der Waals surface area contributed by atoms with Gasteiger partial charge in [-0.2, -0.15) is 0 Å². The van der Waals surface area contributed by atoms with Crippen LogP contribution in [0.3, 0.4) is 0 Å². The number of aliphatic hydroxyl groups excluding tert-OH is 1. The van der Waals surface area contributed by atoms with Gasteiger partial charge in [0.25, 0.3) is 11.7 Å². The minimum atomic E-state index is -0.963. The molecule has 2 aromatic carbocycles. The molecule has 0 saturated carbocycles. The molecule has 1 unspecified atom stereocenters. The van der Waals surface area contributed by atoms with Gasteiger partial charge in [-0.05, 0) is 61.9 Å². The molecule has 29 heavy (non-hydrogen) atoms. The molecule has 0 radical (unpaired) electrons. The van der Waals surface area contributed by atoms with Crippen molar-refractivity contribution in [2.75, 3.05) is 4.90 Å². The molecule has 3 aromatic rings. The van der Waals surface area contributed by atoms with E-state index in [1.807, 2.05) is 26.0 Å². The molecule has 1 N–H and O–H groups in total. The Balaban J connectivity index is 1.95. The van der Waals surface area contributed by atoms with Gasteiger partial charge in [0.05, 0.1) is 11.8 Å². The van der Waals surface area contributed by atoms with Crippen molar-refractivity contribution in [3.63, 3.8) is 0 Å². The van der Waals surface area contributed by atoms with Crippen molar-refractivity contribution < 1.29 is 23.5 Å². The molecule has 146 valence electrons. The SMILES string of the molecule is Cc1ccc(C)c(/C(O)=C2/C(=O)C(=O)N(c3ccc(F)cc3)C2c2ccco2)c1. The lowest BCUT2D eigenvalue weighted by Crippen LogP contribution is -2.29. The van der Waals surface area contributed by atoms with Gasteiger partial charge in [-0.25, -0.2) is 4.39 Å². The first kappa shape index (κ1) is 18.7. The smallest absolute Gasteiger partial charge is 0.300 e. The third-order valence-electron chi connectivity index (χ3n) is 5.01. The fourth-order valence-corrected chi connectivity index (χ4v) is 3.55. The van der Waals surface area contributed by atoms with Gasteiger partial charge in [-0.3, -0.25) is 14.5 Å². The number of hydrogen-bond donors (Lipinski definition) is 1. The number of Topliss-reactive ketones (excluding diaryl/α,β-unsaturated/α-hetero) is 1. The molecule has 0 bridgehead atoms. The summed E-state index contributed by atoms with van der Waals surface area (Å²) in [5.41, 5.74) is 2.40. The molecule has 1 fully saturated rings. The summed E-state index contributed by atoms with van der Waals surface area (Å²) in [6.07, 6.45) is 1.43. The highest BCUT2D eigenvalue weighted by atomic mass is 19.1. The van der Waals surface area contributed by atoms with Crippen molar-refractivity contribution in [2.45, 2.75) is 19.9 Å². The fourth-order valence-electron chi connectivity index (χ4n) is 3.55. The monoisotopic (exact) mass is 391 g/mol. The minimum Gasteiger partial charge on any atom is -0.507 e. The number of nitrogens with zero attached hydrogens (tertiary/aromatic N) is 1. The van der Waals surface area contributed by atoms with E-state index in [4.69, 9.17) is 4.42 Å². The second-order valence-electron chi connectivity index (χ2n) is 6.98. The molecule has 1 atom stereocenters. The number of carbonyl (C=O) groups is 2. The Morgan fingerprint density at radius 3 is 2.45 bits per heavy atom. The summed E-state index contributed by atoms with van der Waals surface area (Å²) >= 11 is 0. The molecule has 5 nitrogen and oxygen atoms in total. The molecule has 1 aromatic heterocycles. The molecular formula is C23H18FNO4. The summed E-state index contributed by atoms with van der Waals surface area (Å²) in [5.74, 6) is -2.05. The maximum atomic E-state index is 13.4. The third kappa shape index (κ3) is 3.12. The number of benzene rings is 2. The Kier molecular flexibility index (Phi) is 4.54. The first-order chi connectivity index (χ1) is 13.9. The Bertz CT molecular complexity index is 1130. The summed E-state index contributed by atoms with van der Waals surface area (Å²) < 4.78 is 18.9. The third-order valence-corrected chi connectivity index (χ3v) is 5.01. The summed E-state index contributed by atoms with van der Waals surface area (Å²) in [6.45, 7) is 3.68. The average Bonchev–Trinajstić information content (AvgIpc) is 3.31. The first-order valence-corrected chi connectivity index (χ1v) is 9.06. The van der Waals surface area contributed by atoms with Crippen LogP contribution in [-0.2, 0) is 9.59 Å². The lowest BCUT2D eigenvalue weighted by atomic mass is 9.96. The van der Waals surface area contributed by atoms with Crippen LogP contribution in [0.5, 0.6) is 0 Å². The fraction of sp³-hybridized carbons (Fsp3) is 0.130. The van der Waals surface area contributed by atoms with E-state index >= 15 is 0 Å². The maximum Gasteiger partial charge on any atom is 0.300 e. The standard InChI is InChI=1S/C23H18FNO4/c1-13-5-6-14(2)17(12-13)21(26)19-20(18-4-3-11-29-18)25(23(28)22(19)27)16-9-7-15(24)8-10-16/h3-12,20,26H,1-2H3/b21-19-. The molecule has 1 amide bonds. The number of anilines is 1. The quantitative estimate of drug-likeness (QED) is 0.400. The lowest BCUT2D eigenvalue weighted by Gasteiger charge is -2.23. The van der Waals surface area contributed by atoms with Gasteiger partial charge in [0.2, 0.25) is 0 Å². The molecule has 4 rings (SSSR count). The Hall–Kier alpha value is -3.67. The predicted octanol–water partition coefficient (Wildman–Crippen LogP) is 4.66. The summed E-state index contributed by atoms with van der Waals surface area (Å²) in [6, 6.07) is 13.0. The van der Waals surface area contributed by atoms with Crippen LogP contribution in [-0.4, -0.2) is 16.8 Å². The highest BCUT2D eigenvalue weighted by molar-refractivity contribution is 6.51. The Morgan fingerprint density at radius 2 is 1.79 bits per heavy atom. The Labute approximate surface area is 166 Å². The zero-order valence-corrected chi connectivity index (χ0v) is 15.8. The maximum absolute atomic E-state index is 13.4. The van der Waals surface area contributed by atoms with Crippen molar-refractivity contribution in [3.8, 4) is 0 Å². The number of furan rings is 1. The molecule has 1 saturated heterocycles. The van der Waals surface area contributed by atoms with Crippen LogP contribution in [0.1, 0.15) is 28.5 Å². The second kappa shape index (κ2) is 7.05. The number of ketones is 1. The lowest BCUT2D eigenvalue weighted by molar-refractivity contribution is -0.132. The Morgan fingerprint density at radius 1 is 1.07 bits per heavy atom. The molecule has 1 aliphatic rings. The zero-order chi connectivity index (χ0) is 20.7. The van der Waals surface area contributed by atoms with E-state index in [2.05, 4.69) is 0 Å². The largest absolute Gasteiger partial charge is 0.507 e. The average molecular weight is 391 g/mol. The second-order valence-corrected chi connectivity index (χ2v) is 6.98. The highest BCUT2D eigenvalue weighted by Crippen LogP contribution is 2.42. The molecule has 1 aliphatic heterocycles.